The first-order valence-electron chi connectivity index (χ1n) is 4.57. The van der Waals surface area contributed by atoms with E-state index < -0.39 is 0 Å². The van der Waals surface area contributed by atoms with Crippen LogP contribution in [0.2, 0.25) is 5.28 Å². The molecule has 0 saturated heterocycles. The molecule has 0 aliphatic rings. The average Bonchev–Trinajstić information content (AvgIpc) is 2.29. The lowest BCUT2D eigenvalue weighted by atomic mass is 10.3. The zero-order valence-corrected chi connectivity index (χ0v) is 10.7. The van der Waals surface area contributed by atoms with Gasteiger partial charge in [0, 0.05) is 16.9 Å². The number of aromatic nitrogens is 3. The van der Waals surface area contributed by atoms with Gasteiger partial charge in [-0.1, -0.05) is 0 Å². The van der Waals surface area contributed by atoms with E-state index in [-0.39, 0.29) is 16.9 Å². The molecule has 1 amide bonds. The molecular formula is C10H6BrClN4O. The van der Waals surface area contributed by atoms with Gasteiger partial charge in [-0.05, 0) is 45.7 Å². The van der Waals surface area contributed by atoms with E-state index in [0.717, 1.165) is 0 Å². The molecule has 0 bridgehead atoms. The number of pyridine rings is 1. The Bertz CT molecular complexity index is 564. The summed E-state index contributed by atoms with van der Waals surface area (Å²) < 4.78 is 0.609. The summed E-state index contributed by atoms with van der Waals surface area (Å²) in [5.41, 5.74) is 0.280. The second kappa shape index (κ2) is 5.20. The van der Waals surface area contributed by atoms with Crippen LogP contribution in [0.3, 0.4) is 0 Å². The van der Waals surface area contributed by atoms with Gasteiger partial charge in [-0.15, -0.1) is 0 Å². The van der Waals surface area contributed by atoms with Crippen molar-refractivity contribution in [3.63, 3.8) is 0 Å². The zero-order valence-electron chi connectivity index (χ0n) is 8.39. The molecule has 7 heteroatoms. The second-order valence-corrected chi connectivity index (χ2v) is 4.19. The number of carbonyl (C=O) groups excluding carboxylic acids is 1. The number of nitrogens with zero attached hydrogens (tertiary/aromatic N) is 3. The molecule has 0 saturated carbocycles. The lowest BCUT2D eigenvalue weighted by molar-refractivity contribution is 0.102. The van der Waals surface area contributed by atoms with Gasteiger partial charge in [0.25, 0.3) is 5.91 Å². The predicted molar refractivity (Wildman–Crippen MR) is 66.9 cm³/mol. The van der Waals surface area contributed by atoms with Crippen molar-refractivity contribution in [3.8, 4) is 0 Å². The summed E-state index contributed by atoms with van der Waals surface area (Å²) in [6, 6.07) is 5.00. The van der Waals surface area contributed by atoms with Crippen molar-refractivity contribution in [3.05, 3.63) is 46.0 Å². The van der Waals surface area contributed by atoms with Crippen LogP contribution in [-0.2, 0) is 0 Å². The summed E-state index contributed by atoms with van der Waals surface area (Å²) in [4.78, 5) is 23.4. The Morgan fingerprint density at radius 1 is 1.29 bits per heavy atom. The summed E-state index contributed by atoms with van der Waals surface area (Å²) in [5, 5.41) is 2.64. The van der Waals surface area contributed by atoms with Crippen molar-refractivity contribution in [1.82, 2.24) is 15.0 Å². The molecule has 2 aromatic heterocycles. The zero-order chi connectivity index (χ0) is 12.3. The second-order valence-electron chi connectivity index (χ2n) is 3.00. The summed E-state index contributed by atoms with van der Waals surface area (Å²) in [6.45, 7) is 0. The van der Waals surface area contributed by atoms with E-state index >= 15 is 0 Å². The quantitative estimate of drug-likeness (QED) is 0.865. The smallest absolute Gasteiger partial charge is 0.276 e. The predicted octanol–water partition coefficient (Wildman–Crippen LogP) is 2.54. The first kappa shape index (κ1) is 11.9. The van der Waals surface area contributed by atoms with E-state index in [1.807, 2.05) is 0 Å². The number of anilines is 1. The number of amides is 1. The van der Waals surface area contributed by atoms with Gasteiger partial charge in [0.05, 0.1) is 0 Å². The molecule has 0 fully saturated rings. The topological polar surface area (TPSA) is 67.8 Å². The Labute approximate surface area is 110 Å². The average molecular weight is 314 g/mol. The highest BCUT2D eigenvalue weighted by Gasteiger charge is 2.11. The third-order valence-corrected chi connectivity index (χ3v) is 2.66. The molecule has 0 radical (unpaired) electrons. The third kappa shape index (κ3) is 2.98. The first-order chi connectivity index (χ1) is 8.16. The number of carbonyl (C=O) groups is 1. The Hall–Kier alpha value is -1.53. The van der Waals surface area contributed by atoms with Gasteiger partial charge in [0.2, 0.25) is 5.28 Å². The molecule has 1 N–H and O–H groups in total. The van der Waals surface area contributed by atoms with Crippen LogP contribution < -0.4 is 5.32 Å². The van der Waals surface area contributed by atoms with Gasteiger partial charge in [-0.25, -0.2) is 15.0 Å². The van der Waals surface area contributed by atoms with Crippen molar-refractivity contribution < 1.29 is 4.79 Å². The van der Waals surface area contributed by atoms with Gasteiger partial charge >= 0.3 is 0 Å². The van der Waals surface area contributed by atoms with E-state index in [1.165, 1.54) is 12.4 Å². The molecule has 0 unspecified atom stereocenters. The molecule has 0 spiro atoms. The Morgan fingerprint density at radius 2 is 2.12 bits per heavy atom. The van der Waals surface area contributed by atoms with Gasteiger partial charge in [0.15, 0.2) is 0 Å². The van der Waals surface area contributed by atoms with E-state index in [9.17, 15) is 4.79 Å². The van der Waals surface area contributed by atoms with Crippen LogP contribution in [-0.4, -0.2) is 20.9 Å². The summed E-state index contributed by atoms with van der Waals surface area (Å²) in [7, 11) is 0. The monoisotopic (exact) mass is 312 g/mol. The number of rotatable bonds is 2. The summed E-state index contributed by atoms with van der Waals surface area (Å²) >= 11 is 8.85. The van der Waals surface area contributed by atoms with Gasteiger partial charge in [-0.3, -0.25) is 4.79 Å². The van der Waals surface area contributed by atoms with Crippen molar-refractivity contribution >= 4 is 39.3 Å². The fourth-order valence-corrected chi connectivity index (χ4v) is 1.72. The number of hydrogen-bond acceptors (Lipinski definition) is 4. The van der Waals surface area contributed by atoms with E-state index in [4.69, 9.17) is 11.6 Å². The Morgan fingerprint density at radius 3 is 2.82 bits per heavy atom. The van der Waals surface area contributed by atoms with E-state index in [2.05, 4.69) is 36.2 Å². The fraction of sp³-hybridized carbons (Fsp3) is 0. The molecule has 0 atom stereocenters. The van der Waals surface area contributed by atoms with Crippen molar-refractivity contribution in [2.45, 2.75) is 0 Å². The standard InChI is InChI=1S/C10H6BrClN4O/c11-6-2-1-4-13-8(6)9(17)15-7-3-5-14-10(12)16-7/h1-5H,(H,14,15,16,17). The number of nitrogens with one attached hydrogen (secondary N) is 1. The maximum absolute atomic E-state index is 11.8. The van der Waals surface area contributed by atoms with Crippen LogP contribution in [0.25, 0.3) is 0 Å². The lowest BCUT2D eigenvalue weighted by Gasteiger charge is -2.04. The van der Waals surface area contributed by atoms with E-state index in [0.29, 0.717) is 10.3 Å². The number of halogens is 2. The maximum Gasteiger partial charge on any atom is 0.276 e. The molecule has 2 heterocycles. The van der Waals surface area contributed by atoms with Gasteiger partial charge < -0.3 is 5.32 Å². The molecule has 0 aliphatic heterocycles. The molecule has 2 aromatic rings. The molecule has 0 aromatic carbocycles. The van der Waals surface area contributed by atoms with Gasteiger partial charge in [-0.2, -0.15) is 0 Å². The minimum atomic E-state index is -0.368. The molecule has 17 heavy (non-hydrogen) atoms. The third-order valence-electron chi connectivity index (χ3n) is 1.84. The highest BCUT2D eigenvalue weighted by molar-refractivity contribution is 9.10. The highest BCUT2D eigenvalue weighted by Crippen LogP contribution is 2.15. The van der Waals surface area contributed by atoms with Crippen molar-refractivity contribution in [1.29, 1.82) is 0 Å². The minimum absolute atomic E-state index is 0.0721. The minimum Gasteiger partial charge on any atom is -0.305 e. The lowest BCUT2D eigenvalue weighted by Crippen LogP contribution is -2.15. The van der Waals surface area contributed by atoms with Crippen LogP contribution in [0.5, 0.6) is 0 Å². The van der Waals surface area contributed by atoms with Crippen LogP contribution in [0.1, 0.15) is 10.5 Å². The van der Waals surface area contributed by atoms with Crippen LogP contribution in [0, 0.1) is 0 Å². The first-order valence-corrected chi connectivity index (χ1v) is 5.74. The highest BCUT2D eigenvalue weighted by atomic mass is 79.9. The molecular weight excluding hydrogens is 307 g/mol. The SMILES string of the molecule is O=C(Nc1ccnc(Cl)n1)c1ncccc1Br. The molecule has 0 aliphatic carbocycles. The van der Waals surface area contributed by atoms with Crippen LogP contribution in [0.15, 0.2) is 35.1 Å². The summed E-state index contributed by atoms with van der Waals surface area (Å²) in [5.74, 6) is -0.0419. The Balaban J connectivity index is 2.20. The normalized spacial score (nSPS) is 10.0. The molecule has 5 nitrogen and oxygen atoms in total. The maximum atomic E-state index is 11.8. The fourth-order valence-electron chi connectivity index (χ4n) is 1.13. The summed E-state index contributed by atoms with van der Waals surface area (Å²) in [6.07, 6.45) is 2.99. The number of hydrogen-bond donors (Lipinski definition) is 1. The largest absolute Gasteiger partial charge is 0.305 e. The molecule has 86 valence electrons. The van der Waals surface area contributed by atoms with Crippen molar-refractivity contribution in [2.75, 3.05) is 5.32 Å². The van der Waals surface area contributed by atoms with Crippen molar-refractivity contribution in [2.24, 2.45) is 0 Å². The van der Waals surface area contributed by atoms with Crippen LogP contribution >= 0.6 is 27.5 Å². The van der Waals surface area contributed by atoms with Crippen LogP contribution in [0.4, 0.5) is 5.82 Å². The van der Waals surface area contributed by atoms with E-state index in [1.54, 1.807) is 18.2 Å². The van der Waals surface area contributed by atoms with Gasteiger partial charge in [0.1, 0.15) is 11.5 Å². The Kier molecular flexibility index (Phi) is 3.65. The molecule has 2 rings (SSSR count).